The third-order valence-electron chi connectivity index (χ3n) is 5.75. The van der Waals surface area contributed by atoms with Crippen molar-refractivity contribution in [1.82, 2.24) is 28.9 Å². The number of hydrogen-bond donors (Lipinski definition) is 2. The van der Waals surface area contributed by atoms with Crippen molar-refractivity contribution in [2.45, 2.75) is 21.8 Å². The summed E-state index contributed by atoms with van der Waals surface area (Å²) in [5.41, 5.74) is 2.34. The highest BCUT2D eigenvalue weighted by atomic mass is 32.2. The molecule has 1 fully saturated rings. The Bertz CT molecular complexity index is 1440. The zero-order chi connectivity index (χ0) is 26.6. The number of hydrogen-bond acceptors (Lipinski definition) is 10. The van der Waals surface area contributed by atoms with Gasteiger partial charge in [-0.1, -0.05) is 42.1 Å². The molecule has 2 aromatic heterocycles. The molecule has 200 valence electrons. The summed E-state index contributed by atoms with van der Waals surface area (Å²) >= 11 is 2.43. The Labute approximate surface area is 223 Å². The molecule has 1 aliphatic heterocycles. The maximum atomic E-state index is 13.5. The normalized spacial score (nSPS) is 17.6. The number of nitrogens with zero attached hydrogens (tertiary/aromatic N) is 5. The van der Waals surface area contributed by atoms with Gasteiger partial charge in [0.05, 0.1) is 5.75 Å². The van der Waals surface area contributed by atoms with Crippen LogP contribution in [0.25, 0.3) is 10.4 Å². The monoisotopic (exact) mass is 586 g/mol. The van der Waals surface area contributed by atoms with Gasteiger partial charge in [0.25, 0.3) is 15.9 Å². The Morgan fingerprint density at radius 1 is 1.16 bits per heavy atom. The molecule has 0 spiro atoms. The molecular formula is C21H26N6O6S4. The first-order valence-corrected chi connectivity index (χ1v) is 16.0. The van der Waals surface area contributed by atoms with E-state index in [4.69, 9.17) is 0 Å². The summed E-state index contributed by atoms with van der Waals surface area (Å²) in [6.07, 6.45) is 1.88. The number of nitrogens with one attached hydrogen (secondary N) is 1. The summed E-state index contributed by atoms with van der Waals surface area (Å²) in [5, 5.41) is 17.6. The fourth-order valence-corrected chi connectivity index (χ4v) is 9.36. The average Bonchev–Trinajstić information content (AvgIpc) is 3.56. The van der Waals surface area contributed by atoms with Crippen molar-refractivity contribution in [2.75, 3.05) is 31.1 Å². The molecule has 3 heterocycles. The highest BCUT2D eigenvalue weighted by Crippen LogP contribution is 2.33. The molecule has 0 unspecified atom stereocenters. The molecule has 2 N–H and O–H groups in total. The summed E-state index contributed by atoms with van der Waals surface area (Å²) in [7, 11) is -6.12. The van der Waals surface area contributed by atoms with Gasteiger partial charge in [0.2, 0.25) is 10.0 Å². The lowest BCUT2D eigenvalue weighted by atomic mass is 10.2. The summed E-state index contributed by atoms with van der Waals surface area (Å²) in [5.74, 6) is -0.687. The van der Waals surface area contributed by atoms with Crippen LogP contribution in [0.5, 0.6) is 0 Å². The number of rotatable bonds is 10. The maximum absolute atomic E-state index is 13.5. The van der Waals surface area contributed by atoms with E-state index in [0.29, 0.717) is 17.3 Å². The van der Waals surface area contributed by atoms with Gasteiger partial charge in [0.1, 0.15) is 16.6 Å². The van der Waals surface area contributed by atoms with Gasteiger partial charge in [0.15, 0.2) is 5.16 Å². The SMILES string of the molecule is Cn1cnnc1SCCCS(=O)(=O)N1CCN(S(=O)(=O)c2ccc(-c3ccccc3)s2)[C@@H](C(=O)NO)C1. The largest absolute Gasteiger partial charge is 0.312 e. The molecule has 3 aromatic rings. The number of piperazine rings is 1. The summed E-state index contributed by atoms with van der Waals surface area (Å²) in [6, 6.07) is 11.0. The number of sulfonamides is 2. The standard InChI is InChI=1S/C21H26N6O6S4/c1-25-15-22-23-21(25)34-12-5-13-36(30,31)26-10-11-27(17(14-26)20(28)24-29)37(32,33)19-9-8-18(35-19)16-6-3-2-4-7-16/h2-4,6-9,15,17,29H,5,10-14H2,1H3,(H,24,28)/t17-/m1/s1. The van der Waals surface area contributed by atoms with Gasteiger partial charge in [-0.25, -0.2) is 22.3 Å². The van der Waals surface area contributed by atoms with Crippen LogP contribution in [0.3, 0.4) is 0 Å². The number of aromatic nitrogens is 3. The minimum atomic E-state index is -4.13. The number of thiophene rings is 1. The van der Waals surface area contributed by atoms with Gasteiger partial charge in [-0.05, 0) is 24.1 Å². The van der Waals surface area contributed by atoms with Crippen molar-refractivity contribution in [3.05, 3.63) is 48.8 Å². The van der Waals surface area contributed by atoms with Crippen LogP contribution in [0, 0.1) is 0 Å². The maximum Gasteiger partial charge on any atom is 0.263 e. The van der Waals surface area contributed by atoms with Gasteiger partial charge in [-0.3, -0.25) is 10.0 Å². The lowest BCUT2D eigenvalue weighted by Crippen LogP contribution is -2.61. The fourth-order valence-electron chi connectivity index (χ4n) is 3.84. The zero-order valence-electron chi connectivity index (χ0n) is 19.8. The van der Waals surface area contributed by atoms with E-state index in [-0.39, 0.29) is 23.1 Å². The second kappa shape index (κ2) is 11.6. The highest BCUT2D eigenvalue weighted by molar-refractivity contribution is 7.99. The minimum absolute atomic E-state index is 0.0270. The predicted molar refractivity (Wildman–Crippen MR) is 139 cm³/mol. The molecule has 0 radical (unpaired) electrons. The molecule has 4 rings (SSSR count). The van der Waals surface area contributed by atoms with Crippen LogP contribution in [-0.2, 0) is 31.9 Å². The molecule has 0 bridgehead atoms. The van der Waals surface area contributed by atoms with Crippen LogP contribution in [0.15, 0.2) is 58.2 Å². The Hall–Kier alpha value is -2.34. The molecule has 1 atom stereocenters. The van der Waals surface area contributed by atoms with Gasteiger partial charge in [0, 0.05) is 37.3 Å². The quantitative estimate of drug-likeness (QED) is 0.154. The third-order valence-corrected chi connectivity index (χ3v) is 12.3. The van der Waals surface area contributed by atoms with E-state index in [1.165, 1.54) is 23.3 Å². The van der Waals surface area contributed by atoms with E-state index in [1.807, 2.05) is 30.3 Å². The van der Waals surface area contributed by atoms with Gasteiger partial charge >= 0.3 is 0 Å². The fraction of sp³-hybridized carbons (Fsp3) is 0.381. The zero-order valence-corrected chi connectivity index (χ0v) is 23.1. The first-order chi connectivity index (χ1) is 17.6. The second-order valence-corrected chi connectivity index (χ2v) is 14.5. The molecule has 1 amide bonds. The lowest BCUT2D eigenvalue weighted by molar-refractivity contribution is -0.134. The van der Waals surface area contributed by atoms with Crippen LogP contribution in [0.1, 0.15) is 6.42 Å². The summed E-state index contributed by atoms with van der Waals surface area (Å²) in [6.45, 7) is -0.739. The number of hydroxylamine groups is 1. The van der Waals surface area contributed by atoms with Crippen LogP contribution in [-0.4, -0.2) is 88.5 Å². The molecule has 0 saturated carbocycles. The first kappa shape index (κ1) is 27.7. The summed E-state index contributed by atoms with van der Waals surface area (Å²) in [4.78, 5) is 13.2. The van der Waals surface area contributed by atoms with E-state index in [2.05, 4.69) is 10.2 Å². The van der Waals surface area contributed by atoms with Crippen molar-refractivity contribution >= 4 is 49.1 Å². The molecular weight excluding hydrogens is 561 g/mol. The van der Waals surface area contributed by atoms with Crippen molar-refractivity contribution in [3.63, 3.8) is 0 Å². The molecule has 1 saturated heterocycles. The minimum Gasteiger partial charge on any atom is -0.312 e. The smallest absolute Gasteiger partial charge is 0.263 e. The van der Waals surface area contributed by atoms with Crippen molar-refractivity contribution < 1.29 is 26.8 Å². The number of carbonyl (C=O) groups excluding carboxylic acids is 1. The Morgan fingerprint density at radius 3 is 2.59 bits per heavy atom. The number of amides is 1. The van der Waals surface area contributed by atoms with Gasteiger partial charge in [-0.15, -0.1) is 21.5 Å². The highest BCUT2D eigenvalue weighted by Gasteiger charge is 2.43. The van der Waals surface area contributed by atoms with Crippen LogP contribution in [0.4, 0.5) is 0 Å². The molecule has 12 nitrogen and oxygen atoms in total. The number of thioether (sulfide) groups is 1. The number of carbonyl (C=O) groups is 1. The molecule has 1 aromatic carbocycles. The van der Waals surface area contributed by atoms with E-state index < -0.39 is 38.5 Å². The molecule has 0 aliphatic carbocycles. The van der Waals surface area contributed by atoms with E-state index in [9.17, 15) is 26.8 Å². The predicted octanol–water partition coefficient (Wildman–Crippen LogP) is 1.24. The Morgan fingerprint density at radius 2 is 1.92 bits per heavy atom. The van der Waals surface area contributed by atoms with E-state index >= 15 is 0 Å². The van der Waals surface area contributed by atoms with Crippen molar-refractivity contribution in [1.29, 1.82) is 0 Å². The van der Waals surface area contributed by atoms with Crippen LogP contribution < -0.4 is 5.48 Å². The number of aryl methyl sites for hydroxylation is 1. The summed E-state index contributed by atoms with van der Waals surface area (Å²) < 4.78 is 56.7. The average molecular weight is 587 g/mol. The van der Waals surface area contributed by atoms with Crippen molar-refractivity contribution in [3.8, 4) is 10.4 Å². The molecule has 16 heteroatoms. The van der Waals surface area contributed by atoms with E-state index in [1.54, 1.807) is 24.0 Å². The van der Waals surface area contributed by atoms with Gasteiger partial charge < -0.3 is 4.57 Å². The molecule has 37 heavy (non-hydrogen) atoms. The topological polar surface area (TPSA) is 155 Å². The van der Waals surface area contributed by atoms with Crippen LogP contribution in [0.2, 0.25) is 0 Å². The number of benzene rings is 1. The van der Waals surface area contributed by atoms with Crippen LogP contribution >= 0.6 is 23.1 Å². The lowest BCUT2D eigenvalue weighted by Gasteiger charge is -2.38. The Balaban J connectivity index is 1.46. The second-order valence-electron chi connectivity index (χ2n) is 8.19. The van der Waals surface area contributed by atoms with Crippen molar-refractivity contribution in [2.24, 2.45) is 7.05 Å². The molecule has 1 aliphatic rings. The van der Waals surface area contributed by atoms with Gasteiger partial charge in [-0.2, -0.15) is 8.61 Å². The Kier molecular flexibility index (Phi) is 8.67. The first-order valence-electron chi connectivity index (χ1n) is 11.2. The third kappa shape index (κ3) is 6.22. The van der Waals surface area contributed by atoms with E-state index in [0.717, 1.165) is 30.4 Å².